The van der Waals surface area contributed by atoms with Crippen LogP contribution in [0, 0.1) is 0 Å². The van der Waals surface area contributed by atoms with Gasteiger partial charge in [-0.1, -0.05) is 72.3 Å². The summed E-state index contributed by atoms with van der Waals surface area (Å²) in [6.07, 6.45) is 0.972. The van der Waals surface area contributed by atoms with Gasteiger partial charge in [-0.15, -0.1) is 11.8 Å². The van der Waals surface area contributed by atoms with Gasteiger partial charge in [0.25, 0.3) is 5.91 Å². The second-order valence-corrected chi connectivity index (χ2v) is 9.75. The van der Waals surface area contributed by atoms with E-state index in [1.54, 1.807) is 4.90 Å². The van der Waals surface area contributed by atoms with E-state index >= 15 is 0 Å². The number of nitrogens with zero attached hydrogens (tertiary/aromatic N) is 2. The molecule has 3 aliphatic rings. The van der Waals surface area contributed by atoms with Gasteiger partial charge in [0.1, 0.15) is 17.5 Å². The van der Waals surface area contributed by atoms with Gasteiger partial charge in [-0.25, -0.2) is 0 Å². The number of fused-ring (bicyclic) bond motifs is 1. The van der Waals surface area contributed by atoms with E-state index in [0.29, 0.717) is 6.42 Å². The van der Waals surface area contributed by atoms with Gasteiger partial charge in [-0.2, -0.15) is 0 Å². The fourth-order valence-electron chi connectivity index (χ4n) is 4.71. The number of nitrogens with one attached hydrogen (secondary N) is 1. The molecule has 1 N–H and O–H groups in total. The number of carboxylic acids is 1. The Labute approximate surface area is 228 Å². The van der Waals surface area contributed by atoms with Crippen LogP contribution in [-0.4, -0.2) is 50.9 Å². The minimum Gasteiger partial charge on any atom is -0.543 e. The van der Waals surface area contributed by atoms with Gasteiger partial charge < -0.3 is 14.8 Å². The van der Waals surface area contributed by atoms with Crippen LogP contribution in [0.2, 0.25) is 0 Å². The van der Waals surface area contributed by atoms with Crippen LogP contribution in [-0.2, 0) is 20.8 Å². The predicted octanol–water partition coefficient (Wildman–Crippen LogP) is -1.39. The van der Waals surface area contributed by atoms with Gasteiger partial charge in [-0.3, -0.25) is 19.8 Å². The van der Waals surface area contributed by atoms with Gasteiger partial charge in [-0.05, 0) is 24.0 Å². The van der Waals surface area contributed by atoms with E-state index in [-0.39, 0.29) is 58.1 Å². The standard InChI is InChI=1S/C24H22ClN3O4S.Na/c25-16-13-33-23-20(22(30)28(23)19(16)24(31)32)27-17(12-11-14-7-3-1-4-8-14)26-18(21(27)29)15-9-5-2-6-10-15;/h1-10,17-18,20,23,26H,11-13H2,(H,31,32);/q;+1/p-1/t17?,18?,20?,23-;/m1./s1. The summed E-state index contributed by atoms with van der Waals surface area (Å²) in [4.78, 5) is 41.1. The molecule has 2 amide bonds. The molecule has 0 aromatic heterocycles. The Morgan fingerprint density at radius 3 is 2.35 bits per heavy atom. The van der Waals surface area contributed by atoms with Crippen LogP contribution >= 0.6 is 23.4 Å². The second-order valence-electron chi connectivity index (χ2n) is 8.19. The number of aryl methyl sites for hydroxylation is 1. The molecule has 34 heavy (non-hydrogen) atoms. The van der Waals surface area contributed by atoms with Gasteiger partial charge >= 0.3 is 29.6 Å². The molecule has 2 saturated heterocycles. The average molecular weight is 506 g/mol. The maximum Gasteiger partial charge on any atom is 1.00 e. The smallest absolute Gasteiger partial charge is 0.543 e. The van der Waals surface area contributed by atoms with Crippen molar-refractivity contribution in [1.29, 1.82) is 0 Å². The summed E-state index contributed by atoms with van der Waals surface area (Å²) in [5, 5.41) is 14.6. The van der Waals surface area contributed by atoms with E-state index in [9.17, 15) is 19.5 Å². The number of hydrogen-bond acceptors (Lipinski definition) is 6. The van der Waals surface area contributed by atoms with Crippen molar-refractivity contribution in [3.63, 3.8) is 0 Å². The molecule has 0 saturated carbocycles. The number of aliphatic carboxylic acids is 1. The predicted molar refractivity (Wildman–Crippen MR) is 122 cm³/mol. The number of carbonyl (C=O) groups is 3. The molecule has 4 atom stereocenters. The monoisotopic (exact) mass is 505 g/mol. The van der Waals surface area contributed by atoms with Crippen molar-refractivity contribution in [2.45, 2.75) is 36.5 Å². The fraction of sp³-hybridized carbons (Fsp3) is 0.292. The summed E-state index contributed by atoms with van der Waals surface area (Å²) in [5.74, 6) is -1.86. The number of hydrogen-bond donors (Lipinski definition) is 1. The van der Waals surface area contributed by atoms with E-state index in [2.05, 4.69) is 5.32 Å². The van der Waals surface area contributed by atoms with Crippen LogP contribution in [0.1, 0.15) is 23.6 Å². The van der Waals surface area contributed by atoms with Crippen molar-refractivity contribution in [1.82, 2.24) is 15.1 Å². The zero-order chi connectivity index (χ0) is 23.1. The third-order valence-electron chi connectivity index (χ3n) is 6.27. The summed E-state index contributed by atoms with van der Waals surface area (Å²) in [6, 6.07) is 18.0. The maximum atomic E-state index is 13.6. The van der Waals surface area contributed by atoms with Crippen molar-refractivity contribution in [3.8, 4) is 0 Å². The molecule has 0 aliphatic carbocycles. The number of carboxylic acid groups (broad SMARTS) is 1. The average Bonchev–Trinajstić information content (AvgIpc) is 3.14. The van der Waals surface area contributed by atoms with Crippen molar-refractivity contribution in [2.24, 2.45) is 0 Å². The van der Waals surface area contributed by atoms with Crippen LogP contribution < -0.4 is 40.0 Å². The number of halogens is 1. The molecule has 7 nitrogen and oxygen atoms in total. The van der Waals surface area contributed by atoms with Gasteiger partial charge in [0, 0.05) is 5.75 Å². The van der Waals surface area contributed by atoms with Crippen molar-refractivity contribution in [3.05, 3.63) is 82.5 Å². The van der Waals surface area contributed by atoms with Crippen LogP contribution in [0.25, 0.3) is 0 Å². The maximum absolute atomic E-state index is 13.6. The van der Waals surface area contributed by atoms with Gasteiger partial charge in [0.15, 0.2) is 0 Å². The molecule has 5 rings (SSSR count). The molecule has 10 heteroatoms. The van der Waals surface area contributed by atoms with Crippen LogP contribution in [0.15, 0.2) is 71.4 Å². The van der Waals surface area contributed by atoms with Gasteiger partial charge in [0.05, 0.1) is 22.9 Å². The number of benzene rings is 2. The van der Waals surface area contributed by atoms with E-state index in [1.165, 1.54) is 11.8 Å². The Morgan fingerprint density at radius 2 is 1.71 bits per heavy atom. The summed E-state index contributed by atoms with van der Waals surface area (Å²) in [7, 11) is 0. The molecule has 2 aromatic rings. The van der Waals surface area contributed by atoms with E-state index in [1.807, 2.05) is 60.7 Å². The van der Waals surface area contributed by atoms with Gasteiger partial charge in [0.2, 0.25) is 5.91 Å². The van der Waals surface area contributed by atoms with Crippen molar-refractivity contribution >= 4 is 41.1 Å². The Morgan fingerprint density at radius 1 is 1.06 bits per heavy atom. The third kappa shape index (κ3) is 4.43. The molecule has 3 aliphatic heterocycles. The zero-order valence-corrected chi connectivity index (χ0v) is 22.1. The largest absolute Gasteiger partial charge is 1.00 e. The fourth-order valence-corrected chi connectivity index (χ4v) is 6.31. The number of β-lactam (4-membered cyclic amide) rings is 1. The first-order valence-corrected chi connectivity index (χ1v) is 12.1. The molecule has 0 spiro atoms. The second kappa shape index (κ2) is 10.4. The normalized spacial score (nSPS) is 26.1. The number of amides is 2. The van der Waals surface area contributed by atoms with Crippen molar-refractivity contribution in [2.75, 3.05) is 5.75 Å². The van der Waals surface area contributed by atoms with Crippen LogP contribution in [0.4, 0.5) is 0 Å². The van der Waals surface area contributed by atoms with Crippen LogP contribution in [0.3, 0.4) is 0 Å². The molecule has 2 fully saturated rings. The molecule has 2 aromatic carbocycles. The minimum atomic E-state index is -1.48. The molecule has 0 bridgehead atoms. The van der Waals surface area contributed by atoms with E-state index < -0.39 is 29.3 Å². The third-order valence-corrected chi connectivity index (χ3v) is 8.00. The first-order chi connectivity index (χ1) is 16.0. The molecular formula is C24H21ClN3NaO4S. The molecule has 0 radical (unpaired) electrons. The van der Waals surface area contributed by atoms with Crippen molar-refractivity contribution < 1.29 is 49.0 Å². The number of carbonyl (C=O) groups excluding carboxylic acids is 3. The minimum absolute atomic E-state index is 0. The molecule has 3 heterocycles. The first kappa shape index (κ1) is 25.3. The Hall–Kier alpha value is -1.81. The Balaban J connectivity index is 0.00000274. The van der Waals surface area contributed by atoms with E-state index in [4.69, 9.17) is 11.6 Å². The Bertz CT molecular complexity index is 1130. The molecule has 3 unspecified atom stereocenters. The number of rotatable bonds is 6. The molecular weight excluding hydrogens is 485 g/mol. The SMILES string of the molecule is O=C([O-])C1=C(Cl)CS[C@@H]2C(N3C(=O)C(c4ccccc4)NC3CCc3ccccc3)C(=O)N12.[Na+]. The summed E-state index contributed by atoms with van der Waals surface area (Å²) < 4.78 is 0. The Kier molecular flexibility index (Phi) is 7.76. The quantitative estimate of drug-likeness (QED) is 0.384. The van der Waals surface area contributed by atoms with E-state index in [0.717, 1.165) is 22.4 Å². The van der Waals surface area contributed by atoms with Crippen LogP contribution in [0.5, 0.6) is 0 Å². The summed E-state index contributed by atoms with van der Waals surface area (Å²) in [6.45, 7) is 0. The topological polar surface area (TPSA) is 92.8 Å². The first-order valence-electron chi connectivity index (χ1n) is 10.7. The summed E-state index contributed by atoms with van der Waals surface area (Å²) in [5.41, 5.74) is 1.67. The zero-order valence-electron chi connectivity index (χ0n) is 18.5. The summed E-state index contributed by atoms with van der Waals surface area (Å²) >= 11 is 7.43. The molecule has 170 valence electrons. The number of thioether (sulfide) groups is 1.